The summed E-state index contributed by atoms with van der Waals surface area (Å²) < 4.78 is 27.9. The fourth-order valence-corrected chi connectivity index (χ4v) is 4.60. The molecular weight excluding hydrogens is 350 g/mol. The Kier molecular flexibility index (Phi) is 5.79. The maximum atomic E-state index is 12.7. The Bertz CT molecular complexity index is 804. The van der Waals surface area contributed by atoms with Gasteiger partial charge in [-0.1, -0.05) is 17.7 Å². The van der Waals surface area contributed by atoms with Crippen LogP contribution in [0.15, 0.2) is 40.8 Å². The summed E-state index contributed by atoms with van der Waals surface area (Å²) in [6.07, 6.45) is 3.91. The van der Waals surface area contributed by atoms with Gasteiger partial charge < -0.3 is 9.80 Å². The maximum Gasteiger partial charge on any atom is 0.254 e. The van der Waals surface area contributed by atoms with E-state index in [2.05, 4.69) is 16.5 Å². The van der Waals surface area contributed by atoms with E-state index in [0.29, 0.717) is 31.1 Å². The van der Waals surface area contributed by atoms with Gasteiger partial charge in [-0.25, -0.2) is 13.1 Å². The van der Waals surface area contributed by atoms with Crippen molar-refractivity contribution in [2.75, 3.05) is 39.8 Å². The number of nitrogens with zero attached hydrogens (tertiary/aromatic N) is 2. The van der Waals surface area contributed by atoms with Crippen LogP contribution >= 0.6 is 0 Å². The number of benzene rings is 1. The van der Waals surface area contributed by atoms with Gasteiger partial charge in [-0.3, -0.25) is 4.79 Å². The van der Waals surface area contributed by atoms with Gasteiger partial charge in [0.25, 0.3) is 5.91 Å². The summed E-state index contributed by atoms with van der Waals surface area (Å²) >= 11 is 0. The average molecular weight is 378 g/mol. The molecule has 1 aromatic rings. The summed E-state index contributed by atoms with van der Waals surface area (Å²) in [4.78, 5) is 16.8. The van der Waals surface area contributed by atoms with Gasteiger partial charge in [0, 0.05) is 31.7 Å². The molecule has 1 saturated heterocycles. The second-order valence-electron chi connectivity index (χ2n) is 7.35. The van der Waals surface area contributed by atoms with Crippen molar-refractivity contribution in [3.63, 3.8) is 0 Å². The topological polar surface area (TPSA) is 69.7 Å². The first kappa shape index (κ1) is 19.1. The van der Waals surface area contributed by atoms with Gasteiger partial charge in [0.15, 0.2) is 0 Å². The van der Waals surface area contributed by atoms with E-state index in [9.17, 15) is 13.2 Å². The number of amides is 1. The van der Waals surface area contributed by atoms with E-state index in [1.807, 2.05) is 13.1 Å². The molecule has 0 radical (unpaired) electrons. The standard InChI is InChI=1S/C19H27N3O3S/c1-15-6-10-22(11-7-15)19(23)17-4-3-5-18(12-17)26(24,25)20-13-16-8-9-21(2)14-16/h3-6,12,16,20H,7-11,13-14H2,1-2H3. The number of rotatable bonds is 5. The van der Waals surface area contributed by atoms with Crippen molar-refractivity contribution in [1.82, 2.24) is 14.5 Å². The Morgan fingerprint density at radius 3 is 2.77 bits per heavy atom. The number of carbonyl (C=O) groups excluding carboxylic acids is 1. The fourth-order valence-electron chi connectivity index (χ4n) is 3.44. The van der Waals surface area contributed by atoms with Gasteiger partial charge in [-0.05, 0) is 57.5 Å². The lowest BCUT2D eigenvalue weighted by molar-refractivity contribution is 0.0769. The number of hydrogen-bond acceptors (Lipinski definition) is 4. The molecule has 1 N–H and O–H groups in total. The summed E-state index contributed by atoms with van der Waals surface area (Å²) in [5, 5.41) is 0. The number of likely N-dealkylation sites (tertiary alicyclic amines) is 1. The van der Waals surface area contributed by atoms with Crippen molar-refractivity contribution >= 4 is 15.9 Å². The minimum Gasteiger partial charge on any atom is -0.335 e. The normalized spacial score (nSPS) is 21.7. The summed E-state index contributed by atoms with van der Waals surface area (Å²) in [5.74, 6) is 0.214. The minimum atomic E-state index is -3.61. The molecule has 142 valence electrons. The molecule has 0 spiro atoms. The Balaban J connectivity index is 1.68. The Morgan fingerprint density at radius 1 is 1.31 bits per heavy atom. The molecule has 2 aliphatic rings. The quantitative estimate of drug-likeness (QED) is 0.793. The summed E-state index contributed by atoms with van der Waals surface area (Å²) in [5.41, 5.74) is 1.70. The number of sulfonamides is 1. The zero-order chi connectivity index (χ0) is 18.7. The predicted molar refractivity (Wildman–Crippen MR) is 102 cm³/mol. The fraction of sp³-hybridized carbons (Fsp3) is 0.526. The van der Waals surface area contributed by atoms with Crippen LogP contribution < -0.4 is 4.72 Å². The molecule has 1 aromatic carbocycles. The molecule has 0 aromatic heterocycles. The van der Waals surface area contributed by atoms with Crippen LogP contribution in [-0.2, 0) is 10.0 Å². The largest absolute Gasteiger partial charge is 0.335 e. The van der Waals surface area contributed by atoms with Crippen LogP contribution in [0.5, 0.6) is 0 Å². The van der Waals surface area contributed by atoms with E-state index in [-0.39, 0.29) is 10.8 Å². The zero-order valence-corrected chi connectivity index (χ0v) is 16.3. The van der Waals surface area contributed by atoms with Gasteiger partial charge >= 0.3 is 0 Å². The lowest BCUT2D eigenvalue weighted by Crippen LogP contribution is -2.35. The lowest BCUT2D eigenvalue weighted by Gasteiger charge is -2.25. The van der Waals surface area contributed by atoms with E-state index in [1.165, 1.54) is 11.6 Å². The van der Waals surface area contributed by atoms with Gasteiger partial charge in [0.05, 0.1) is 4.90 Å². The molecule has 2 aliphatic heterocycles. The smallest absolute Gasteiger partial charge is 0.254 e. The van der Waals surface area contributed by atoms with Crippen molar-refractivity contribution in [3.05, 3.63) is 41.5 Å². The van der Waals surface area contributed by atoms with E-state index in [0.717, 1.165) is 25.9 Å². The Hall–Kier alpha value is -1.70. The SMILES string of the molecule is CC1=CCN(C(=O)c2cccc(S(=O)(=O)NCC3CCN(C)C3)c2)CC1. The third-order valence-electron chi connectivity index (χ3n) is 5.17. The van der Waals surface area contributed by atoms with Crippen molar-refractivity contribution in [3.8, 4) is 0 Å². The summed E-state index contributed by atoms with van der Waals surface area (Å²) in [6, 6.07) is 6.34. The molecule has 26 heavy (non-hydrogen) atoms. The van der Waals surface area contributed by atoms with Crippen LogP contribution in [0, 0.1) is 5.92 Å². The number of carbonyl (C=O) groups is 1. The molecule has 2 heterocycles. The van der Waals surface area contributed by atoms with Crippen molar-refractivity contribution in [2.45, 2.75) is 24.7 Å². The molecule has 7 heteroatoms. The number of hydrogen-bond donors (Lipinski definition) is 1. The summed E-state index contributed by atoms with van der Waals surface area (Å²) in [7, 11) is -1.57. The molecule has 1 unspecified atom stereocenters. The molecule has 3 rings (SSSR count). The molecule has 0 aliphatic carbocycles. The van der Waals surface area contributed by atoms with Crippen LogP contribution in [0.1, 0.15) is 30.1 Å². The van der Waals surface area contributed by atoms with Gasteiger partial charge in [-0.15, -0.1) is 0 Å². The Morgan fingerprint density at radius 2 is 2.12 bits per heavy atom. The first-order valence-electron chi connectivity index (χ1n) is 9.08. The molecular formula is C19H27N3O3S. The van der Waals surface area contributed by atoms with Gasteiger partial charge in [0.1, 0.15) is 0 Å². The maximum absolute atomic E-state index is 12.7. The van der Waals surface area contributed by atoms with Crippen LogP contribution in [0.2, 0.25) is 0 Å². The van der Waals surface area contributed by atoms with Crippen molar-refractivity contribution in [1.29, 1.82) is 0 Å². The van der Waals surface area contributed by atoms with Crippen LogP contribution in [0.3, 0.4) is 0 Å². The van der Waals surface area contributed by atoms with Crippen LogP contribution in [0.4, 0.5) is 0 Å². The van der Waals surface area contributed by atoms with E-state index in [4.69, 9.17) is 0 Å². The monoisotopic (exact) mass is 377 g/mol. The molecule has 1 atom stereocenters. The van der Waals surface area contributed by atoms with Crippen molar-refractivity contribution < 1.29 is 13.2 Å². The summed E-state index contributed by atoms with van der Waals surface area (Å²) in [6.45, 7) is 5.65. The van der Waals surface area contributed by atoms with Crippen LogP contribution in [-0.4, -0.2) is 63.9 Å². The molecule has 0 bridgehead atoms. The lowest BCUT2D eigenvalue weighted by atomic mass is 10.1. The molecule has 1 fully saturated rings. The van der Waals surface area contributed by atoms with E-state index >= 15 is 0 Å². The second-order valence-corrected chi connectivity index (χ2v) is 9.12. The first-order valence-corrected chi connectivity index (χ1v) is 10.6. The van der Waals surface area contributed by atoms with E-state index in [1.54, 1.807) is 23.1 Å². The average Bonchev–Trinajstić information content (AvgIpc) is 3.06. The third kappa shape index (κ3) is 4.52. The highest BCUT2D eigenvalue weighted by Gasteiger charge is 2.24. The second kappa shape index (κ2) is 7.90. The molecule has 1 amide bonds. The number of nitrogens with one attached hydrogen (secondary N) is 1. The third-order valence-corrected chi connectivity index (χ3v) is 6.59. The highest BCUT2D eigenvalue weighted by Crippen LogP contribution is 2.18. The highest BCUT2D eigenvalue weighted by molar-refractivity contribution is 7.89. The predicted octanol–water partition coefficient (Wildman–Crippen LogP) is 1.71. The molecule has 0 saturated carbocycles. The first-order chi connectivity index (χ1) is 12.3. The van der Waals surface area contributed by atoms with Crippen molar-refractivity contribution in [2.24, 2.45) is 5.92 Å². The van der Waals surface area contributed by atoms with Gasteiger partial charge in [-0.2, -0.15) is 0 Å². The minimum absolute atomic E-state index is 0.122. The Labute approximate surface area is 155 Å². The zero-order valence-electron chi connectivity index (χ0n) is 15.4. The van der Waals surface area contributed by atoms with Gasteiger partial charge in [0.2, 0.25) is 10.0 Å². The van der Waals surface area contributed by atoms with Crippen LogP contribution in [0.25, 0.3) is 0 Å². The van der Waals surface area contributed by atoms with E-state index < -0.39 is 10.0 Å². The molecule has 6 nitrogen and oxygen atoms in total. The highest BCUT2D eigenvalue weighted by atomic mass is 32.2.